The van der Waals surface area contributed by atoms with Crippen LogP contribution in [0, 0.1) is 5.82 Å². The molecule has 0 atom stereocenters. The van der Waals surface area contributed by atoms with E-state index < -0.39 is 5.76 Å². The molecule has 0 spiro atoms. The van der Waals surface area contributed by atoms with Crippen LogP contribution < -0.4 is 11.1 Å². The van der Waals surface area contributed by atoms with Gasteiger partial charge in [0.25, 0.3) is 0 Å². The van der Waals surface area contributed by atoms with Crippen LogP contribution in [-0.4, -0.2) is 17.7 Å². The van der Waals surface area contributed by atoms with Crippen molar-refractivity contribution in [3.05, 3.63) is 34.6 Å². The van der Waals surface area contributed by atoms with Crippen molar-refractivity contribution in [2.45, 2.75) is 18.9 Å². The van der Waals surface area contributed by atoms with E-state index in [1.54, 1.807) is 10.6 Å². The van der Waals surface area contributed by atoms with Crippen molar-refractivity contribution >= 4 is 23.5 Å². The fourth-order valence-corrected chi connectivity index (χ4v) is 2.42. The molecule has 0 unspecified atom stereocenters. The fourth-order valence-electron chi connectivity index (χ4n) is 2.42. The highest BCUT2D eigenvalue weighted by Crippen LogP contribution is 2.23. The van der Waals surface area contributed by atoms with Crippen LogP contribution in [0.2, 0.25) is 0 Å². The molecule has 1 aromatic carbocycles. The van der Waals surface area contributed by atoms with Gasteiger partial charge >= 0.3 is 5.76 Å². The molecule has 0 aliphatic carbocycles. The van der Waals surface area contributed by atoms with Gasteiger partial charge in [-0.15, -0.1) is 12.4 Å². The number of rotatable bonds is 1. The third-order valence-electron chi connectivity index (χ3n) is 3.25. The van der Waals surface area contributed by atoms with E-state index >= 15 is 0 Å². The first-order valence-electron chi connectivity index (χ1n) is 5.77. The van der Waals surface area contributed by atoms with E-state index in [9.17, 15) is 9.18 Å². The third kappa shape index (κ3) is 2.15. The zero-order chi connectivity index (χ0) is 11.8. The van der Waals surface area contributed by atoms with Gasteiger partial charge in [-0.3, -0.25) is 4.57 Å². The molecule has 1 aliphatic rings. The summed E-state index contributed by atoms with van der Waals surface area (Å²) < 4.78 is 19.8. The molecule has 18 heavy (non-hydrogen) atoms. The highest BCUT2D eigenvalue weighted by Gasteiger charge is 2.20. The zero-order valence-corrected chi connectivity index (χ0v) is 10.5. The van der Waals surface area contributed by atoms with Crippen molar-refractivity contribution in [1.29, 1.82) is 0 Å². The topological polar surface area (TPSA) is 47.2 Å². The molecule has 2 heterocycles. The van der Waals surface area contributed by atoms with E-state index in [1.807, 2.05) is 0 Å². The Labute approximate surface area is 109 Å². The fraction of sp³-hybridized carbons (Fsp3) is 0.417. The summed E-state index contributed by atoms with van der Waals surface area (Å²) in [5.74, 6) is -0.777. The number of halogens is 2. The maximum Gasteiger partial charge on any atom is 0.420 e. The standard InChI is InChI=1S/C12H13FN2O2.ClH/c13-8-1-2-10-11(7-8)17-12(16)15(10)9-3-5-14-6-4-9;/h1-2,7,9,14H,3-6H2;1H. The van der Waals surface area contributed by atoms with Gasteiger partial charge in [0.15, 0.2) is 5.58 Å². The van der Waals surface area contributed by atoms with Crippen LogP contribution in [0.3, 0.4) is 0 Å². The van der Waals surface area contributed by atoms with Crippen molar-refractivity contribution < 1.29 is 8.81 Å². The Morgan fingerprint density at radius 3 is 2.78 bits per heavy atom. The number of piperidine rings is 1. The number of aromatic nitrogens is 1. The summed E-state index contributed by atoms with van der Waals surface area (Å²) in [5.41, 5.74) is 1.01. The average Bonchev–Trinajstić information content (AvgIpc) is 2.65. The van der Waals surface area contributed by atoms with Gasteiger partial charge in [-0.2, -0.15) is 0 Å². The van der Waals surface area contributed by atoms with Gasteiger partial charge in [0.1, 0.15) is 5.82 Å². The normalized spacial score (nSPS) is 16.7. The molecule has 1 fully saturated rings. The number of nitrogens with one attached hydrogen (secondary N) is 1. The number of hydrogen-bond acceptors (Lipinski definition) is 3. The van der Waals surface area contributed by atoms with Crippen LogP contribution in [0.1, 0.15) is 18.9 Å². The van der Waals surface area contributed by atoms with Gasteiger partial charge in [0, 0.05) is 12.1 Å². The number of oxazole rings is 1. The monoisotopic (exact) mass is 272 g/mol. The Kier molecular flexibility index (Phi) is 3.73. The Bertz CT molecular complexity index is 602. The summed E-state index contributed by atoms with van der Waals surface area (Å²) in [7, 11) is 0. The SMILES string of the molecule is Cl.O=c1oc2cc(F)ccc2n1C1CCNCC1. The summed E-state index contributed by atoms with van der Waals surface area (Å²) in [4.78, 5) is 11.8. The minimum atomic E-state index is -0.391. The molecular formula is C12H14ClFN2O2. The Hall–Kier alpha value is -1.33. The molecule has 0 bridgehead atoms. The summed E-state index contributed by atoms with van der Waals surface area (Å²) >= 11 is 0. The summed E-state index contributed by atoms with van der Waals surface area (Å²) in [6.45, 7) is 1.79. The molecule has 1 aliphatic heterocycles. The number of fused-ring (bicyclic) bond motifs is 1. The lowest BCUT2D eigenvalue weighted by Crippen LogP contribution is -2.32. The minimum Gasteiger partial charge on any atom is -0.408 e. The first kappa shape index (κ1) is 13.1. The highest BCUT2D eigenvalue weighted by molar-refractivity contribution is 5.85. The van der Waals surface area contributed by atoms with Gasteiger partial charge in [0.05, 0.1) is 5.52 Å². The first-order valence-corrected chi connectivity index (χ1v) is 5.77. The van der Waals surface area contributed by atoms with Crippen LogP contribution in [0.15, 0.2) is 27.4 Å². The van der Waals surface area contributed by atoms with Crippen molar-refractivity contribution in [3.8, 4) is 0 Å². The number of nitrogens with zero attached hydrogens (tertiary/aromatic N) is 1. The second-order valence-electron chi connectivity index (χ2n) is 4.33. The van der Waals surface area contributed by atoms with Crippen molar-refractivity contribution in [3.63, 3.8) is 0 Å². The van der Waals surface area contributed by atoms with Crippen LogP contribution in [0.25, 0.3) is 11.1 Å². The van der Waals surface area contributed by atoms with Crippen LogP contribution >= 0.6 is 12.4 Å². The molecule has 98 valence electrons. The van der Waals surface area contributed by atoms with Gasteiger partial charge in [0.2, 0.25) is 0 Å². The summed E-state index contributed by atoms with van der Waals surface area (Å²) in [5, 5.41) is 3.25. The predicted octanol–water partition coefficient (Wildman–Crippen LogP) is 2.08. The predicted molar refractivity (Wildman–Crippen MR) is 68.8 cm³/mol. The largest absolute Gasteiger partial charge is 0.420 e. The smallest absolute Gasteiger partial charge is 0.408 e. The zero-order valence-electron chi connectivity index (χ0n) is 9.69. The second kappa shape index (κ2) is 5.12. The molecule has 1 N–H and O–H groups in total. The van der Waals surface area contributed by atoms with E-state index in [0.29, 0.717) is 11.1 Å². The van der Waals surface area contributed by atoms with Gasteiger partial charge < -0.3 is 9.73 Å². The van der Waals surface area contributed by atoms with Gasteiger partial charge in [-0.05, 0) is 38.1 Å². The number of benzene rings is 1. The molecule has 0 amide bonds. The second-order valence-corrected chi connectivity index (χ2v) is 4.33. The lowest BCUT2D eigenvalue weighted by Gasteiger charge is -2.23. The first-order chi connectivity index (χ1) is 8.25. The molecule has 6 heteroatoms. The Morgan fingerprint density at radius 1 is 1.33 bits per heavy atom. The maximum absolute atomic E-state index is 13.0. The molecule has 0 saturated carbocycles. The van der Waals surface area contributed by atoms with Crippen molar-refractivity contribution in [2.24, 2.45) is 0 Å². The van der Waals surface area contributed by atoms with Crippen LogP contribution in [0.4, 0.5) is 4.39 Å². The van der Waals surface area contributed by atoms with E-state index in [4.69, 9.17) is 4.42 Å². The maximum atomic E-state index is 13.0. The van der Waals surface area contributed by atoms with E-state index in [1.165, 1.54) is 12.1 Å². The Balaban J connectivity index is 0.00000120. The Morgan fingerprint density at radius 2 is 2.06 bits per heavy atom. The van der Waals surface area contributed by atoms with Crippen molar-refractivity contribution in [1.82, 2.24) is 9.88 Å². The molecule has 1 aromatic heterocycles. The van der Waals surface area contributed by atoms with E-state index in [0.717, 1.165) is 25.9 Å². The van der Waals surface area contributed by atoms with Crippen LogP contribution in [-0.2, 0) is 0 Å². The molecular weight excluding hydrogens is 259 g/mol. The molecule has 0 radical (unpaired) electrons. The quantitative estimate of drug-likeness (QED) is 0.865. The van der Waals surface area contributed by atoms with Gasteiger partial charge in [-0.1, -0.05) is 0 Å². The van der Waals surface area contributed by atoms with Crippen molar-refractivity contribution in [2.75, 3.05) is 13.1 Å². The average molecular weight is 273 g/mol. The highest BCUT2D eigenvalue weighted by atomic mass is 35.5. The van der Waals surface area contributed by atoms with E-state index in [2.05, 4.69) is 5.32 Å². The molecule has 1 saturated heterocycles. The summed E-state index contributed by atoms with van der Waals surface area (Å²) in [6, 6.07) is 4.37. The molecule has 2 aromatic rings. The molecule has 3 rings (SSSR count). The third-order valence-corrected chi connectivity index (χ3v) is 3.25. The van der Waals surface area contributed by atoms with Gasteiger partial charge in [-0.25, -0.2) is 9.18 Å². The lowest BCUT2D eigenvalue weighted by atomic mass is 10.1. The van der Waals surface area contributed by atoms with E-state index in [-0.39, 0.29) is 24.3 Å². The van der Waals surface area contributed by atoms with Crippen LogP contribution in [0.5, 0.6) is 0 Å². The summed E-state index contributed by atoms with van der Waals surface area (Å²) in [6.07, 6.45) is 1.79. The number of hydrogen-bond donors (Lipinski definition) is 1. The lowest BCUT2D eigenvalue weighted by molar-refractivity contribution is 0.349. The molecule has 4 nitrogen and oxygen atoms in total. The minimum absolute atomic E-state index is 0.